The van der Waals surface area contributed by atoms with E-state index in [9.17, 15) is 4.79 Å². The summed E-state index contributed by atoms with van der Waals surface area (Å²) < 4.78 is 1.96. The van der Waals surface area contributed by atoms with Crippen LogP contribution < -0.4 is 10.2 Å². The molecule has 0 spiro atoms. The number of hydrogen-bond donors (Lipinski definition) is 2. The number of anilines is 1. The number of aromatic amines is 1. The number of H-pyrrole nitrogens is 1. The third-order valence-electron chi connectivity index (χ3n) is 4.40. The fourth-order valence-electron chi connectivity index (χ4n) is 2.94. The minimum atomic E-state index is -0.188. The minimum absolute atomic E-state index is 0.188. The van der Waals surface area contributed by atoms with Gasteiger partial charge in [0.1, 0.15) is 17.2 Å². The second-order valence-corrected chi connectivity index (χ2v) is 6.01. The van der Waals surface area contributed by atoms with E-state index in [0.29, 0.717) is 12.2 Å². The van der Waals surface area contributed by atoms with E-state index in [1.54, 1.807) is 12.3 Å². The first-order valence-corrected chi connectivity index (χ1v) is 8.78. The third-order valence-corrected chi connectivity index (χ3v) is 4.40. The van der Waals surface area contributed by atoms with Gasteiger partial charge in [0.15, 0.2) is 0 Å². The van der Waals surface area contributed by atoms with Crippen molar-refractivity contribution in [2.45, 2.75) is 20.4 Å². The van der Waals surface area contributed by atoms with Crippen LogP contribution in [0.4, 0.5) is 5.82 Å². The number of carbonyl (C=O) groups excluding carboxylic acids is 1. The van der Waals surface area contributed by atoms with Crippen molar-refractivity contribution in [2.75, 3.05) is 18.0 Å². The van der Waals surface area contributed by atoms with E-state index in [1.165, 1.54) is 0 Å². The van der Waals surface area contributed by atoms with Crippen molar-refractivity contribution in [1.29, 1.82) is 0 Å². The summed E-state index contributed by atoms with van der Waals surface area (Å²) >= 11 is 0. The summed E-state index contributed by atoms with van der Waals surface area (Å²) in [7, 11) is 1.95. The number of carbonyl (C=O) groups is 1. The standard InChI is InChI=1S/C19H24N6O/c1-4-25(5-2)18-14(8-6-10-20-18)13-21-19(26)16-12-15(22-23-16)17-9-7-11-24(17)3/h6-12H,4-5,13H2,1-3H3,(H,21,26)(H,22,23). The highest BCUT2D eigenvalue weighted by Crippen LogP contribution is 2.19. The Hall–Kier alpha value is -3.09. The molecular weight excluding hydrogens is 328 g/mol. The Morgan fingerprint density at radius 2 is 2.08 bits per heavy atom. The zero-order valence-electron chi connectivity index (χ0n) is 15.4. The van der Waals surface area contributed by atoms with Crippen LogP contribution in [0, 0.1) is 0 Å². The number of nitrogens with one attached hydrogen (secondary N) is 2. The van der Waals surface area contributed by atoms with Gasteiger partial charge in [0.2, 0.25) is 0 Å². The Morgan fingerprint density at radius 3 is 2.77 bits per heavy atom. The van der Waals surface area contributed by atoms with E-state index < -0.39 is 0 Å². The van der Waals surface area contributed by atoms with Gasteiger partial charge in [-0.15, -0.1) is 0 Å². The zero-order chi connectivity index (χ0) is 18.5. The fourth-order valence-corrected chi connectivity index (χ4v) is 2.94. The molecule has 1 amide bonds. The number of rotatable bonds is 7. The van der Waals surface area contributed by atoms with Crippen molar-refractivity contribution in [3.63, 3.8) is 0 Å². The Morgan fingerprint density at radius 1 is 1.27 bits per heavy atom. The van der Waals surface area contributed by atoms with Crippen LogP contribution in [0.1, 0.15) is 29.9 Å². The average molecular weight is 352 g/mol. The van der Waals surface area contributed by atoms with Gasteiger partial charge in [-0.05, 0) is 38.1 Å². The lowest BCUT2D eigenvalue weighted by Gasteiger charge is -2.22. The van der Waals surface area contributed by atoms with Crippen molar-refractivity contribution in [3.05, 3.63) is 54.0 Å². The van der Waals surface area contributed by atoms with Crippen molar-refractivity contribution in [3.8, 4) is 11.4 Å². The highest BCUT2D eigenvalue weighted by Gasteiger charge is 2.14. The van der Waals surface area contributed by atoms with Crippen LogP contribution in [0.3, 0.4) is 0 Å². The summed E-state index contributed by atoms with van der Waals surface area (Å²) in [5.41, 5.74) is 3.13. The topological polar surface area (TPSA) is 78.8 Å². The highest BCUT2D eigenvalue weighted by atomic mass is 16.1. The number of pyridine rings is 1. The molecule has 0 unspecified atom stereocenters. The first kappa shape index (κ1) is 17.7. The molecule has 3 aromatic heterocycles. The molecule has 26 heavy (non-hydrogen) atoms. The predicted molar refractivity (Wildman–Crippen MR) is 102 cm³/mol. The maximum absolute atomic E-state index is 12.5. The molecule has 0 aromatic carbocycles. The number of amides is 1. The maximum atomic E-state index is 12.5. The molecular formula is C19H24N6O. The monoisotopic (exact) mass is 352 g/mol. The summed E-state index contributed by atoms with van der Waals surface area (Å²) in [5.74, 6) is 0.721. The van der Waals surface area contributed by atoms with Gasteiger partial charge in [-0.25, -0.2) is 4.98 Å². The first-order chi connectivity index (χ1) is 12.6. The molecule has 0 radical (unpaired) electrons. The fraction of sp³-hybridized carbons (Fsp3) is 0.316. The Kier molecular flexibility index (Phi) is 5.36. The molecule has 0 aliphatic carbocycles. The lowest BCUT2D eigenvalue weighted by molar-refractivity contribution is 0.0946. The summed E-state index contributed by atoms with van der Waals surface area (Å²) in [6, 6.07) is 9.55. The molecule has 3 heterocycles. The van der Waals surface area contributed by atoms with Crippen LogP contribution in [0.5, 0.6) is 0 Å². The number of aryl methyl sites for hydroxylation is 1. The molecule has 0 saturated carbocycles. The molecule has 3 rings (SSSR count). The molecule has 0 aliphatic heterocycles. The second-order valence-electron chi connectivity index (χ2n) is 6.01. The van der Waals surface area contributed by atoms with Crippen molar-refractivity contribution >= 4 is 11.7 Å². The van der Waals surface area contributed by atoms with Crippen molar-refractivity contribution < 1.29 is 4.79 Å². The van der Waals surface area contributed by atoms with E-state index in [2.05, 4.69) is 39.2 Å². The van der Waals surface area contributed by atoms with Crippen LogP contribution in [-0.2, 0) is 13.6 Å². The van der Waals surface area contributed by atoms with E-state index in [0.717, 1.165) is 35.9 Å². The van der Waals surface area contributed by atoms with Crippen molar-refractivity contribution in [2.24, 2.45) is 7.05 Å². The van der Waals surface area contributed by atoms with Gasteiger partial charge in [-0.1, -0.05) is 6.07 Å². The number of nitrogens with zero attached hydrogens (tertiary/aromatic N) is 4. The zero-order valence-corrected chi connectivity index (χ0v) is 15.4. The van der Waals surface area contributed by atoms with Crippen LogP contribution in [-0.4, -0.2) is 38.7 Å². The van der Waals surface area contributed by atoms with E-state index >= 15 is 0 Å². The normalized spacial score (nSPS) is 10.7. The largest absolute Gasteiger partial charge is 0.357 e. The summed E-state index contributed by atoms with van der Waals surface area (Å²) in [6.45, 7) is 6.34. The van der Waals surface area contributed by atoms with Crippen LogP contribution in [0.2, 0.25) is 0 Å². The Bertz CT molecular complexity index is 878. The molecule has 0 saturated heterocycles. The smallest absolute Gasteiger partial charge is 0.269 e. The molecule has 7 nitrogen and oxygen atoms in total. The average Bonchev–Trinajstić information content (AvgIpc) is 3.30. The maximum Gasteiger partial charge on any atom is 0.269 e. The van der Waals surface area contributed by atoms with Gasteiger partial charge in [-0.2, -0.15) is 5.10 Å². The SMILES string of the molecule is CCN(CC)c1ncccc1CNC(=O)c1cc(-c2cccn2C)n[nH]1. The van der Waals surface area contributed by atoms with Gasteiger partial charge in [0, 0.05) is 44.6 Å². The minimum Gasteiger partial charge on any atom is -0.357 e. The van der Waals surface area contributed by atoms with Crippen LogP contribution >= 0.6 is 0 Å². The van der Waals surface area contributed by atoms with Gasteiger partial charge >= 0.3 is 0 Å². The molecule has 0 bridgehead atoms. The third kappa shape index (κ3) is 3.61. The van der Waals surface area contributed by atoms with Crippen LogP contribution in [0.15, 0.2) is 42.7 Å². The Labute approximate surface area is 153 Å². The van der Waals surface area contributed by atoms with Gasteiger partial charge in [0.25, 0.3) is 5.91 Å². The van der Waals surface area contributed by atoms with E-state index in [-0.39, 0.29) is 5.91 Å². The molecule has 3 aromatic rings. The number of hydrogen-bond acceptors (Lipinski definition) is 4. The lowest BCUT2D eigenvalue weighted by Crippen LogP contribution is -2.28. The van der Waals surface area contributed by atoms with E-state index in [4.69, 9.17) is 0 Å². The van der Waals surface area contributed by atoms with Crippen LogP contribution in [0.25, 0.3) is 11.4 Å². The lowest BCUT2D eigenvalue weighted by atomic mass is 10.2. The Balaban J connectivity index is 1.71. The van der Waals surface area contributed by atoms with Gasteiger partial charge in [-0.3, -0.25) is 9.89 Å². The second kappa shape index (κ2) is 7.86. The molecule has 7 heteroatoms. The van der Waals surface area contributed by atoms with E-state index in [1.807, 2.05) is 42.1 Å². The van der Waals surface area contributed by atoms with Crippen molar-refractivity contribution in [1.82, 2.24) is 25.1 Å². The molecule has 2 N–H and O–H groups in total. The summed E-state index contributed by atoms with van der Waals surface area (Å²) in [6.07, 6.45) is 3.72. The highest BCUT2D eigenvalue weighted by molar-refractivity contribution is 5.93. The van der Waals surface area contributed by atoms with Gasteiger partial charge < -0.3 is 14.8 Å². The molecule has 0 aliphatic rings. The molecule has 0 atom stereocenters. The molecule has 136 valence electrons. The summed E-state index contributed by atoms with van der Waals surface area (Å²) in [5, 5.41) is 10.0. The molecule has 0 fully saturated rings. The first-order valence-electron chi connectivity index (χ1n) is 8.78. The quantitative estimate of drug-likeness (QED) is 0.685. The van der Waals surface area contributed by atoms with Gasteiger partial charge in [0.05, 0.1) is 5.69 Å². The number of aromatic nitrogens is 4. The summed E-state index contributed by atoms with van der Waals surface area (Å²) in [4.78, 5) is 19.1. The predicted octanol–water partition coefficient (Wildman–Crippen LogP) is 2.59.